The van der Waals surface area contributed by atoms with E-state index < -0.39 is 0 Å². The molecular weight excluding hydrogens is 278 g/mol. The highest BCUT2D eigenvalue weighted by atomic mass is 16.2. The highest BCUT2D eigenvalue weighted by Gasteiger charge is 2.48. The van der Waals surface area contributed by atoms with E-state index in [0.717, 1.165) is 51.7 Å². The zero-order valence-corrected chi connectivity index (χ0v) is 13.8. The third kappa shape index (κ3) is 2.75. The molecule has 1 aliphatic carbocycles. The average Bonchev–Trinajstić information content (AvgIpc) is 3.25. The molecule has 2 amide bonds. The van der Waals surface area contributed by atoms with Crippen LogP contribution in [-0.2, 0) is 9.59 Å². The van der Waals surface area contributed by atoms with Crippen LogP contribution in [0, 0.1) is 5.92 Å². The Hall–Kier alpha value is -1.10. The van der Waals surface area contributed by atoms with Crippen LogP contribution in [0.4, 0.5) is 0 Å². The van der Waals surface area contributed by atoms with E-state index in [1.165, 1.54) is 19.3 Å². The summed E-state index contributed by atoms with van der Waals surface area (Å²) in [6.07, 6.45) is 8.83. The molecule has 1 atom stereocenters. The van der Waals surface area contributed by atoms with Crippen LogP contribution >= 0.6 is 0 Å². The predicted octanol–water partition coefficient (Wildman–Crippen LogP) is 1.38. The SMILES string of the molecule is CNC(=O)C1CCN(C(=O)C2(N3CCCC3)CCCCC2)C1. The molecule has 5 nitrogen and oxygen atoms in total. The molecule has 0 bridgehead atoms. The molecule has 1 N–H and O–H groups in total. The molecular formula is C17H29N3O2. The molecule has 0 radical (unpaired) electrons. The monoisotopic (exact) mass is 307 g/mol. The summed E-state index contributed by atoms with van der Waals surface area (Å²) in [4.78, 5) is 29.6. The zero-order chi connectivity index (χ0) is 15.6. The molecule has 0 aromatic carbocycles. The van der Waals surface area contributed by atoms with Crippen molar-refractivity contribution in [3.05, 3.63) is 0 Å². The minimum absolute atomic E-state index is 0.0202. The van der Waals surface area contributed by atoms with Gasteiger partial charge in [-0.2, -0.15) is 0 Å². The third-order valence-electron chi connectivity index (χ3n) is 5.88. The first-order valence-electron chi connectivity index (χ1n) is 8.93. The lowest BCUT2D eigenvalue weighted by molar-refractivity contribution is -0.145. The molecule has 0 aromatic heterocycles. The van der Waals surface area contributed by atoms with E-state index in [-0.39, 0.29) is 17.4 Å². The summed E-state index contributed by atoms with van der Waals surface area (Å²) in [5, 5.41) is 2.72. The number of likely N-dealkylation sites (tertiary alicyclic amines) is 2. The first-order valence-corrected chi connectivity index (χ1v) is 8.93. The van der Waals surface area contributed by atoms with Crippen LogP contribution in [0.1, 0.15) is 51.4 Å². The van der Waals surface area contributed by atoms with Crippen LogP contribution < -0.4 is 5.32 Å². The first kappa shape index (κ1) is 15.8. The van der Waals surface area contributed by atoms with Gasteiger partial charge in [0.05, 0.1) is 5.92 Å². The maximum absolute atomic E-state index is 13.3. The summed E-state index contributed by atoms with van der Waals surface area (Å²) in [5.74, 6) is 0.364. The fourth-order valence-electron chi connectivity index (χ4n) is 4.60. The highest BCUT2D eigenvalue weighted by molar-refractivity contribution is 5.88. The summed E-state index contributed by atoms with van der Waals surface area (Å²) < 4.78 is 0. The van der Waals surface area contributed by atoms with Crippen LogP contribution in [0.15, 0.2) is 0 Å². The lowest BCUT2D eigenvalue weighted by Crippen LogP contribution is -2.59. The molecule has 124 valence electrons. The largest absolute Gasteiger partial charge is 0.359 e. The summed E-state index contributed by atoms with van der Waals surface area (Å²) in [5.41, 5.74) is -0.258. The van der Waals surface area contributed by atoms with Crippen molar-refractivity contribution < 1.29 is 9.59 Å². The maximum atomic E-state index is 13.3. The Morgan fingerprint density at radius 2 is 1.68 bits per heavy atom. The van der Waals surface area contributed by atoms with Crippen molar-refractivity contribution in [2.45, 2.75) is 56.9 Å². The summed E-state index contributed by atoms with van der Waals surface area (Å²) in [6, 6.07) is 0. The van der Waals surface area contributed by atoms with Crippen molar-refractivity contribution >= 4 is 11.8 Å². The second kappa shape index (κ2) is 6.57. The van der Waals surface area contributed by atoms with Crippen molar-refractivity contribution in [1.82, 2.24) is 15.1 Å². The predicted molar refractivity (Wildman–Crippen MR) is 85.4 cm³/mol. The normalized spacial score (nSPS) is 28.8. The Bertz CT molecular complexity index is 426. The minimum atomic E-state index is -0.258. The molecule has 2 aliphatic heterocycles. The summed E-state index contributed by atoms with van der Waals surface area (Å²) in [6.45, 7) is 3.48. The van der Waals surface area contributed by atoms with E-state index in [9.17, 15) is 9.59 Å². The van der Waals surface area contributed by atoms with Crippen molar-refractivity contribution in [2.75, 3.05) is 33.2 Å². The van der Waals surface area contributed by atoms with Crippen LogP contribution in [0.25, 0.3) is 0 Å². The number of nitrogens with one attached hydrogen (secondary N) is 1. The first-order chi connectivity index (χ1) is 10.7. The molecule has 3 aliphatic rings. The third-order valence-corrected chi connectivity index (χ3v) is 5.88. The van der Waals surface area contributed by atoms with Gasteiger partial charge in [-0.1, -0.05) is 19.3 Å². The van der Waals surface area contributed by atoms with Gasteiger partial charge in [-0.25, -0.2) is 0 Å². The lowest BCUT2D eigenvalue weighted by atomic mass is 9.79. The lowest BCUT2D eigenvalue weighted by Gasteiger charge is -2.45. The quantitative estimate of drug-likeness (QED) is 0.857. The van der Waals surface area contributed by atoms with Gasteiger partial charge in [0.2, 0.25) is 11.8 Å². The van der Waals surface area contributed by atoms with Gasteiger partial charge in [0.1, 0.15) is 5.54 Å². The Morgan fingerprint density at radius 1 is 1.00 bits per heavy atom. The Morgan fingerprint density at radius 3 is 2.32 bits per heavy atom. The van der Waals surface area contributed by atoms with Gasteiger partial charge in [0.25, 0.3) is 0 Å². The van der Waals surface area contributed by atoms with Crippen molar-refractivity contribution in [1.29, 1.82) is 0 Å². The smallest absolute Gasteiger partial charge is 0.243 e. The van der Waals surface area contributed by atoms with Gasteiger partial charge in [-0.3, -0.25) is 14.5 Å². The van der Waals surface area contributed by atoms with Gasteiger partial charge in [-0.05, 0) is 45.2 Å². The molecule has 1 unspecified atom stereocenters. The molecule has 1 saturated carbocycles. The number of rotatable bonds is 3. The number of hydrogen-bond donors (Lipinski definition) is 1. The fourth-order valence-corrected chi connectivity index (χ4v) is 4.60. The van der Waals surface area contributed by atoms with Crippen LogP contribution in [0.5, 0.6) is 0 Å². The molecule has 2 heterocycles. The Kier molecular flexibility index (Phi) is 4.71. The molecule has 2 saturated heterocycles. The molecule has 0 spiro atoms. The van der Waals surface area contributed by atoms with E-state index in [1.807, 2.05) is 4.90 Å². The number of carbonyl (C=O) groups excluding carboxylic acids is 2. The van der Waals surface area contributed by atoms with E-state index >= 15 is 0 Å². The van der Waals surface area contributed by atoms with E-state index in [1.54, 1.807) is 7.05 Å². The fraction of sp³-hybridized carbons (Fsp3) is 0.882. The average molecular weight is 307 g/mol. The zero-order valence-electron chi connectivity index (χ0n) is 13.8. The number of nitrogens with zero attached hydrogens (tertiary/aromatic N) is 2. The Labute approximate surface area is 133 Å². The second-order valence-electron chi connectivity index (χ2n) is 7.14. The van der Waals surface area contributed by atoms with Crippen molar-refractivity contribution in [3.63, 3.8) is 0 Å². The minimum Gasteiger partial charge on any atom is -0.359 e. The van der Waals surface area contributed by atoms with Crippen LogP contribution in [0.3, 0.4) is 0 Å². The molecule has 3 fully saturated rings. The van der Waals surface area contributed by atoms with Gasteiger partial charge in [0, 0.05) is 20.1 Å². The van der Waals surface area contributed by atoms with E-state index in [0.29, 0.717) is 12.5 Å². The summed E-state index contributed by atoms with van der Waals surface area (Å²) in [7, 11) is 1.68. The van der Waals surface area contributed by atoms with Gasteiger partial charge < -0.3 is 10.2 Å². The molecule has 22 heavy (non-hydrogen) atoms. The van der Waals surface area contributed by atoms with Crippen LogP contribution in [0.2, 0.25) is 0 Å². The highest BCUT2D eigenvalue weighted by Crippen LogP contribution is 2.38. The Balaban J connectivity index is 1.74. The standard InChI is InChI=1S/C17H29N3O2/c1-18-15(21)14-7-12-19(13-14)16(22)17(8-3-2-4-9-17)20-10-5-6-11-20/h14H,2-13H2,1H3,(H,18,21). The second-order valence-corrected chi connectivity index (χ2v) is 7.14. The van der Waals surface area contributed by atoms with E-state index in [2.05, 4.69) is 10.2 Å². The van der Waals surface area contributed by atoms with Crippen molar-refractivity contribution in [3.8, 4) is 0 Å². The molecule has 5 heteroatoms. The number of hydrogen-bond acceptors (Lipinski definition) is 3. The topological polar surface area (TPSA) is 52.7 Å². The molecule has 3 rings (SSSR count). The van der Waals surface area contributed by atoms with E-state index in [4.69, 9.17) is 0 Å². The van der Waals surface area contributed by atoms with Crippen molar-refractivity contribution in [2.24, 2.45) is 5.92 Å². The van der Waals surface area contributed by atoms with Gasteiger partial charge >= 0.3 is 0 Å². The molecule has 0 aromatic rings. The van der Waals surface area contributed by atoms with Gasteiger partial charge in [0.15, 0.2) is 0 Å². The van der Waals surface area contributed by atoms with Gasteiger partial charge in [-0.15, -0.1) is 0 Å². The van der Waals surface area contributed by atoms with Crippen LogP contribution in [-0.4, -0.2) is 60.4 Å². The maximum Gasteiger partial charge on any atom is 0.243 e. The number of carbonyl (C=O) groups is 2. The summed E-state index contributed by atoms with van der Waals surface area (Å²) >= 11 is 0. The number of amides is 2.